The summed E-state index contributed by atoms with van der Waals surface area (Å²) in [6.45, 7) is 0.732. The highest BCUT2D eigenvalue weighted by Gasteiger charge is 2.31. The first kappa shape index (κ1) is 18.3. The Bertz CT molecular complexity index is 961. The minimum Gasteiger partial charge on any atom is -0.334 e. The molecule has 28 heavy (non-hydrogen) atoms. The second-order valence-corrected chi connectivity index (χ2v) is 7.06. The first-order valence-corrected chi connectivity index (χ1v) is 9.59. The minimum absolute atomic E-state index is 0.0308. The molecule has 5 heteroatoms. The van der Waals surface area contributed by atoms with Gasteiger partial charge in [0.1, 0.15) is 5.82 Å². The van der Waals surface area contributed by atoms with Crippen LogP contribution in [0.1, 0.15) is 41.5 Å². The van der Waals surface area contributed by atoms with E-state index in [1.54, 1.807) is 18.3 Å². The molecule has 1 amide bonds. The molecule has 3 heterocycles. The van der Waals surface area contributed by atoms with Crippen molar-refractivity contribution in [1.82, 2.24) is 14.9 Å². The van der Waals surface area contributed by atoms with Gasteiger partial charge in [0.15, 0.2) is 0 Å². The van der Waals surface area contributed by atoms with Gasteiger partial charge in [-0.3, -0.25) is 14.8 Å². The molecule has 1 atom stereocenters. The molecule has 0 spiro atoms. The van der Waals surface area contributed by atoms with E-state index < -0.39 is 0 Å². The third kappa shape index (κ3) is 4.09. The summed E-state index contributed by atoms with van der Waals surface area (Å²) in [7, 11) is 0. The second-order valence-electron chi connectivity index (χ2n) is 7.06. The van der Waals surface area contributed by atoms with Gasteiger partial charge in [-0.1, -0.05) is 30.3 Å². The van der Waals surface area contributed by atoms with Crippen LogP contribution in [-0.4, -0.2) is 27.3 Å². The van der Waals surface area contributed by atoms with Crippen LogP contribution in [0.15, 0.2) is 66.9 Å². The molecule has 1 fully saturated rings. The lowest BCUT2D eigenvalue weighted by molar-refractivity contribution is -0.131. The summed E-state index contributed by atoms with van der Waals surface area (Å²) in [6.07, 6.45) is 4.29. The minimum atomic E-state index is -0.220. The van der Waals surface area contributed by atoms with Crippen molar-refractivity contribution in [1.29, 1.82) is 0 Å². The van der Waals surface area contributed by atoms with Crippen molar-refractivity contribution in [3.05, 3.63) is 95.3 Å². The molecule has 0 N–H and O–H groups in total. The van der Waals surface area contributed by atoms with Crippen molar-refractivity contribution >= 4 is 5.91 Å². The predicted molar refractivity (Wildman–Crippen MR) is 105 cm³/mol. The zero-order valence-corrected chi connectivity index (χ0v) is 15.6. The molecular weight excluding hydrogens is 353 g/mol. The Hall–Kier alpha value is -3.08. The van der Waals surface area contributed by atoms with Crippen LogP contribution in [0.5, 0.6) is 0 Å². The largest absolute Gasteiger partial charge is 0.334 e. The summed E-state index contributed by atoms with van der Waals surface area (Å²) < 4.78 is 14.0. The van der Waals surface area contributed by atoms with E-state index in [0.717, 1.165) is 36.5 Å². The first-order chi connectivity index (χ1) is 13.7. The molecule has 3 aromatic rings. The van der Waals surface area contributed by atoms with Gasteiger partial charge in [-0.25, -0.2) is 4.39 Å². The van der Waals surface area contributed by atoms with E-state index in [-0.39, 0.29) is 17.8 Å². The zero-order valence-electron chi connectivity index (χ0n) is 15.6. The molecule has 0 bridgehead atoms. The average molecular weight is 375 g/mol. The van der Waals surface area contributed by atoms with Crippen LogP contribution < -0.4 is 0 Å². The van der Waals surface area contributed by atoms with Crippen LogP contribution >= 0.6 is 0 Å². The maximum Gasteiger partial charge on any atom is 0.229 e. The summed E-state index contributed by atoms with van der Waals surface area (Å²) in [6, 6.07) is 18.2. The maximum absolute atomic E-state index is 14.0. The molecule has 142 valence electrons. The van der Waals surface area contributed by atoms with E-state index in [4.69, 9.17) is 4.98 Å². The molecule has 0 saturated carbocycles. The lowest BCUT2D eigenvalue weighted by atomic mass is 10.1. The summed E-state index contributed by atoms with van der Waals surface area (Å²) in [4.78, 5) is 23.7. The third-order valence-corrected chi connectivity index (χ3v) is 5.13. The van der Waals surface area contributed by atoms with E-state index in [0.29, 0.717) is 18.4 Å². The fraction of sp³-hybridized carbons (Fsp3) is 0.261. The number of amides is 1. The number of pyridine rings is 2. The smallest absolute Gasteiger partial charge is 0.229 e. The predicted octanol–water partition coefficient (Wildman–Crippen LogP) is 4.11. The molecule has 1 aliphatic rings. The lowest BCUT2D eigenvalue weighted by Crippen LogP contribution is -2.32. The molecule has 4 rings (SSSR count). The number of rotatable bonds is 5. The number of benzene rings is 1. The van der Waals surface area contributed by atoms with Gasteiger partial charge in [0.25, 0.3) is 0 Å². The Kier molecular flexibility index (Phi) is 5.42. The van der Waals surface area contributed by atoms with Crippen LogP contribution in [-0.2, 0) is 17.6 Å². The number of hydrogen-bond acceptors (Lipinski definition) is 3. The van der Waals surface area contributed by atoms with Gasteiger partial charge in [-0.2, -0.15) is 0 Å². The molecule has 1 aliphatic heterocycles. The SMILES string of the molecule is O=C(Cc1ccccn1)N1CCC[C@H]1c1cccc(Cc2ccccc2F)n1. The lowest BCUT2D eigenvalue weighted by Gasteiger charge is -2.24. The molecule has 4 nitrogen and oxygen atoms in total. The zero-order chi connectivity index (χ0) is 19.3. The summed E-state index contributed by atoms with van der Waals surface area (Å²) in [5, 5.41) is 0. The van der Waals surface area contributed by atoms with Gasteiger partial charge in [0, 0.05) is 30.6 Å². The highest BCUT2D eigenvalue weighted by Crippen LogP contribution is 2.31. The molecule has 1 aromatic carbocycles. The Morgan fingerprint density at radius 1 is 1.04 bits per heavy atom. The molecule has 1 saturated heterocycles. The quantitative estimate of drug-likeness (QED) is 0.674. The number of carbonyl (C=O) groups is 1. The van der Waals surface area contributed by atoms with Crippen LogP contribution in [0.25, 0.3) is 0 Å². The standard InChI is InChI=1S/C23H22FN3O/c24-20-10-2-1-7-17(20)15-19-9-5-11-21(26-19)22-12-6-14-27(22)23(28)16-18-8-3-4-13-25-18/h1-5,7-11,13,22H,6,12,14-16H2/t22-/m0/s1. The number of nitrogens with zero attached hydrogens (tertiary/aromatic N) is 3. The fourth-order valence-electron chi connectivity index (χ4n) is 3.75. The van der Waals surface area contributed by atoms with E-state index >= 15 is 0 Å². The highest BCUT2D eigenvalue weighted by atomic mass is 19.1. The number of likely N-dealkylation sites (tertiary alicyclic amines) is 1. The maximum atomic E-state index is 14.0. The third-order valence-electron chi connectivity index (χ3n) is 5.13. The van der Waals surface area contributed by atoms with E-state index in [2.05, 4.69) is 4.98 Å². The Labute approximate surface area is 164 Å². The van der Waals surface area contributed by atoms with Gasteiger partial charge >= 0.3 is 0 Å². The van der Waals surface area contributed by atoms with Gasteiger partial charge in [0.2, 0.25) is 5.91 Å². The number of aromatic nitrogens is 2. The molecule has 0 unspecified atom stereocenters. The van der Waals surface area contributed by atoms with Gasteiger partial charge in [0.05, 0.1) is 18.2 Å². The number of carbonyl (C=O) groups excluding carboxylic acids is 1. The van der Waals surface area contributed by atoms with Crippen LogP contribution in [0.2, 0.25) is 0 Å². The monoisotopic (exact) mass is 375 g/mol. The summed E-state index contributed by atoms with van der Waals surface area (Å²) >= 11 is 0. The van der Waals surface area contributed by atoms with Crippen molar-refractivity contribution in [2.24, 2.45) is 0 Å². The Morgan fingerprint density at radius 3 is 2.68 bits per heavy atom. The second kappa shape index (κ2) is 8.30. The normalized spacial score (nSPS) is 16.3. The van der Waals surface area contributed by atoms with Crippen molar-refractivity contribution in [3.8, 4) is 0 Å². The van der Waals surface area contributed by atoms with Crippen LogP contribution in [0, 0.1) is 5.82 Å². The fourth-order valence-corrected chi connectivity index (χ4v) is 3.75. The molecule has 0 radical (unpaired) electrons. The topological polar surface area (TPSA) is 46.1 Å². The summed E-state index contributed by atoms with van der Waals surface area (Å²) in [5.41, 5.74) is 3.09. The van der Waals surface area contributed by atoms with E-state index in [1.165, 1.54) is 6.07 Å². The Balaban J connectivity index is 1.51. The van der Waals surface area contributed by atoms with Crippen molar-refractivity contribution in [2.45, 2.75) is 31.7 Å². The number of halogens is 1. The first-order valence-electron chi connectivity index (χ1n) is 9.59. The van der Waals surface area contributed by atoms with Crippen LogP contribution in [0.4, 0.5) is 4.39 Å². The van der Waals surface area contributed by atoms with E-state index in [9.17, 15) is 9.18 Å². The Morgan fingerprint density at radius 2 is 1.86 bits per heavy atom. The van der Waals surface area contributed by atoms with E-state index in [1.807, 2.05) is 47.4 Å². The highest BCUT2D eigenvalue weighted by molar-refractivity contribution is 5.79. The molecule has 0 aliphatic carbocycles. The number of hydrogen-bond donors (Lipinski definition) is 0. The van der Waals surface area contributed by atoms with Crippen molar-refractivity contribution in [2.75, 3.05) is 6.54 Å². The average Bonchev–Trinajstić information content (AvgIpc) is 3.21. The summed E-state index contributed by atoms with van der Waals surface area (Å²) in [5.74, 6) is -0.148. The van der Waals surface area contributed by atoms with Gasteiger partial charge < -0.3 is 4.90 Å². The van der Waals surface area contributed by atoms with Crippen molar-refractivity contribution in [3.63, 3.8) is 0 Å². The van der Waals surface area contributed by atoms with Gasteiger partial charge in [-0.15, -0.1) is 0 Å². The van der Waals surface area contributed by atoms with Crippen molar-refractivity contribution < 1.29 is 9.18 Å². The van der Waals surface area contributed by atoms with Gasteiger partial charge in [-0.05, 0) is 48.7 Å². The van der Waals surface area contributed by atoms with Crippen LogP contribution in [0.3, 0.4) is 0 Å². The molecule has 2 aromatic heterocycles. The molecular formula is C23H22FN3O.